The number of pyridine rings is 1. The summed E-state index contributed by atoms with van der Waals surface area (Å²) in [5, 5.41) is 0. The maximum Gasteiger partial charge on any atom is 0.128 e. The Bertz CT molecular complexity index is 363. The second-order valence-electron chi connectivity index (χ2n) is 3.26. The molecule has 4 heteroatoms. The molecule has 0 fully saturated rings. The van der Waals surface area contributed by atoms with Gasteiger partial charge in [-0.1, -0.05) is 0 Å². The van der Waals surface area contributed by atoms with Crippen molar-refractivity contribution >= 4 is 10.8 Å². The number of ether oxygens (including phenoxy) is 1. The van der Waals surface area contributed by atoms with Gasteiger partial charge in [0.25, 0.3) is 0 Å². The van der Waals surface area contributed by atoms with E-state index in [4.69, 9.17) is 4.74 Å². The summed E-state index contributed by atoms with van der Waals surface area (Å²) in [6.45, 7) is 3.90. The fraction of sp³-hybridized carbons (Fsp3) is 0.500. The Labute approximate surface area is 87.0 Å². The van der Waals surface area contributed by atoms with Gasteiger partial charge in [-0.15, -0.1) is 0 Å². The van der Waals surface area contributed by atoms with Gasteiger partial charge in [0.05, 0.1) is 18.6 Å². The molecular formula is C10H15NO2S. The average molecular weight is 213 g/mol. The third-order valence-corrected chi connectivity index (χ3v) is 2.77. The van der Waals surface area contributed by atoms with Crippen LogP contribution in [-0.4, -0.2) is 22.6 Å². The summed E-state index contributed by atoms with van der Waals surface area (Å²) >= 11 is 0. The molecule has 14 heavy (non-hydrogen) atoms. The molecule has 1 aromatic heterocycles. The summed E-state index contributed by atoms with van der Waals surface area (Å²) < 4.78 is 16.3. The Hall–Kier alpha value is -0.900. The lowest BCUT2D eigenvalue weighted by molar-refractivity contribution is 0.407. The molecule has 0 aliphatic carbocycles. The van der Waals surface area contributed by atoms with Gasteiger partial charge in [0.2, 0.25) is 0 Å². The predicted molar refractivity (Wildman–Crippen MR) is 58.0 cm³/mol. The summed E-state index contributed by atoms with van der Waals surface area (Å²) in [6, 6.07) is 0. The normalized spacial score (nSPS) is 12.6. The Kier molecular flexibility index (Phi) is 3.63. The summed E-state index contributed by atoms with van der Waals surface area (Å²) in [7, 11) is 0.779. The highest BCUT2D eigenvalue weighted by Gasteiger charge is 2.09. The zero-order valence-electron chi connectivity index (χ0n) is 8.96. The van der Waals surface area contributed by atoms with E-state index in [1.807, 2.05) is 13.8 Å². The van der Waals surface area contributed by atoms with Gasteiger partial charge in [0.1, 0.15) is 5.75 Å². The molecule has 0 saturated carbocycles. The van der Waals surface area contributed by atoms with E-state index in [2.05, 4.69) is 4.98 Å². The topological polar surface area (TPSA) is 39.2 Å². The zero-order valence-corrected chi connectivity index (χ0v) is 9.77. The molecule has 1 aromatic rings. The SMILES string of the molecule is COc1c(C)cnc(CS(C)=O)c1C. The second-order valence-corrected chi connectivity index (χ2v) is 4.70. The zero-order chi connectivity index (χ0) is 10.7. The molecular weight excluding hydrogens is 198 g/mol. The first-order valence-corrected chi connectivity index (χ1v) is 6.08. The van der Waals surface area contributed by atoms with Crippen LogP contribution in [-0.2, 0) is 16.6 Å². The predicted octanol–water partition coefficient (Wildman–Crippen LogP) is 1.59. The first-order chi connectivity index (χ1) is 6.56. The summed E-state index contributed by atoms with van der Waals surface area (Å²) in [6.07, 6.45) is 3.43. The van der Waals surface area contributed by atoms with Crippen LogP contribution in [0.5, 0.6) is 5.75 Å². The number of nitrogens with zero attached hydrogens (tertiary/aromatic N) is 1. The number of aromatic nitrogens is 1. The number of aryl methyl sites for hydroxylation is 1. The molecule has 0 spiro atoms. The molecule has 0 aliphatic heterocycles. The van der Waals surface area contributed by atoms with Crippen LogP contribution in [0.15, 0.2) is 6.20 Å². The van der Waals surface area contributed by atoms with Gasteiger partial charge in [-0.2, -0.15) is 0 Å². The molecule has 0 aromatic carbocycles. The van der Waals surface area contributed by atoms with E-state index in [0.717, 1.165) is 22.6 Å². The highest BCUT2D eigenvalue weighted by molar-refractivity contribution is 7.83. The molecule has 0 radical (unpaired) electrons. The van der Waals surface area contributed by atoms with Gasteiger partial charge in [-0.3, -0.25) is 9.19 Å². The van der Waals surface area contributed by atoms with Crippen LogP contribution in [0.2, 0.25) is 0 Å². The molecule has 1 rings (SSSR count). The lowest BCUT2D eigenvalue weighted by Gasteiger charge is -2.11. The van der Waals surface area contributed by atoms with Crippen molar-refractivity contribution in [2.24, 2.45) is 0 Å². The fourth-order valence-electron chi connectivity index (χ4n) is 1.41. The van der Waals surface area contributed by atoms with Gasteiger partial charge in [0.15, 0.2) is 0 Å². The van der Waals surface area contributed by atoms with Crippen LogP contribution >= 0.6 is 0 Å². The molecule has 1 unspecified atom stereocenters. The van der Waals surface area contributed by atoms with Crippen molar-refractivity contribution in [2.75, 3.05) is 13.4 Å². The Morgan fingerprint density at radius 1 is 1.50 bits per heavy atom. The molecule has 0 amide bonds. The van der Waals surface area contributed by atoms with E-state index in [0.29, 0.717) is 5.75 Å². The van der Waals surface area contributed by atoms with E-state index >= 15 is 0 Å². The molecule has 78 valence electrons. The van der Waals surface area contributed by atoms with Gasteiger partial charge in [-0.25, -0.2) is 0 Å². The minimum atomic E-state index is -0.862. The largest absolute Gasteiger partial charge is 0.496 e. The molecule has 0 aliphatic rings. The van der Waals surface area contributed by atoms with Crippen LogP contribution in [0, 0.1) is 13.8 Å². The monoisotopic (exact) mass is 213 g/mol. The van der Waals surface area contributed by atoms with E-state index in [1.165, 1.54) is 0 Å². The molecule has 0 N–H and O–H groups in total. The van der Waals surface area contributed by atoms with Crippen molar-refractivity contribution in [1.29, 1.82) is 0 Å². The Morgan fingerprint density at radius 3 is 2.64 bits per heavy atom. The summed E-state index contributed by atoms with van der Waals surface area (Å²) in [4.78, 5) is 4.25. The summed E-state index contributed by atoms with van der Waals surface area (Å²) in [5.41, 5.74) is 2.85. The Balaban J connectivity index is 3.14. The third-order valence-electron chi connectivity index (χ3n) is 2.09. The Morgan fingerprint density at radius 2 is 2.14 bits per heavy atom. The van der Waals surface area contributed by atoms with Crippen molar-refractivity contribution in [1.82, 2.24) is 4.98 Å². The van der Waals surface area contributed by atoms with Crippen LogP contribution in [0.4, 0.5) is 0 Å². The van der Waals surface area contributed by atoms with Crippen LogP contribution < -0.4 is 4.74 Å². The smallest absolute Gasteiger partial charge is 0.128 e. The highest BCUT2D eigenvalue weighted by atomic mass is 32.2. The molecule has 1 heterocycles. The number of methoxy groups -OCH3 is 1. The van der Waals surface area contributed by atoms with Crippen LogP contribution in [0.3, 0.4) is 0 Å². The van der Waals surface area contributed by atoms with Crippen molar-refractivity contribution in [2.45, 2.75) is 19.6 Å². The second kappa shape index (κ2) is 4.55. The lowest BCUT2D eigenvalue weighted by atomic mass is 10.1. The molecule has 0 saturated heterocycles. The maximum atomic E-state index is 11.1. The minimum absolute atomic E-state index is 0.489. The highest BCUT2D eigenvalue weighted by Crippen LogP contribution is 2.24. The van der Waals surface area contributed by atoms with Gasteiger partial charge in [0, 0.05) is 34.4 Å². The number of rotatable bonds is 3. The molecule has 3 nitrogen and oxygen atoms in total. The van der Waals surface area contributed by atoms with E-state index in [-0.39, 0.29) is 0 Å². The minimum Gasteiger partial charge on any atom is -0.496 e. The van der Waals surface area contributed by atoms with Gasteiger partial charge in [-0.05, 0) is 13.8 Å². The third kappa shape index (κ3) is 2.32. The van der Waals surface area contributed by atoms with Crippen LogP contribution in [0.25, 0.3) is 0 Å². The maximum absolute atomic E-state index is 11.1. The van der Waals surface area contributed by atoms with Crippen molar-refractivity contribution < 1.29 is 8.95 Å². The van der Waals surface area contributed by atoms with Crippen molar-refractivity contribution in [3.05, 3.63) is 23.0 Å². The lowest BCUT2D eigenvalue weighted by Crippen LogP contribution is -2.02. The number of hydrogen-bond donors (Lipinski definition) is 0. The van der Waals surface area contributed by atoms with Gasteiger partial charge >= 0.3 is 0 Å². The van der Waals surface area contributed by atoms with Gasteiger partial charge < -0.3 is 4.74 Å². The molecule has 0 bridgehead atoms. The molecule has 1 atom stereocenters. The quantitative estimate of drug-likeness (QED) is 0.765. The first-order valence-electron chi connectivity index (χ1n) is 4.35. The standard InChI is InChI=1S/C10H15NO2S/c1-7-5-11-9(6-14(4)12)8(2)10(7)13-3/h5H,6H2,1-4H3. The fourth-order valence-corrected chi connectivity index (χ4v) is 2.09. The van der Waals surface area contributed by atoms with E-state index in [9.17, 15) is 4.21 Å². The van der Waals surface area contributed by atoms with E-state index in [1.54, 1.807) is 19.6 Å². The van der Waals surface area contributed by atoms with Crippen LogP contribution in [0.1, 0.15) is 16.8 Å². The van der Waals surface area contributed by atoms with Crippen molar-refractivity contribution in [3.63, 3.8) is 0 Å². The van der Waals surface area contributed by atoms with E-state index < -0.39 is 10.8 Å². The summed E-state index contributed by atoms with van der Waals surface area (Å²) in [5.74, 6) is 1.34. The van der Waals surface area contributed by atoms with Crippen molar-refractivity contribution in [3.8, 4) is 5.75 Å². The number of hydrogen-bond acceptors (Lipinski definition) is 3. The average Bonchev–Trinajstić information content (AvgIpc) is 2.10. The first kappa shape index (κ1) is 11.2.